The Morgan fingerprint density at radius 3 is 2.88 bits per heavy atom. The summed E-state index contributed by atoms with van der Waals surface area (Å²) >= 11 is 0. The summed E-state index contributed by atoms with van der Waals surface area (Å²) in [7, 11) is 1.62. The van der Waals surface area contributed by atoms with Crippen LogP contribution in [0.3, 0.4) is 0 Å². The van der Waals surface area contributed by atoms with Gasteiger partial charge in [-0.25, -0.2) is 4.98 Å². The smallest absolute Gasteiger partial charge is 0.228 e. The number of ether oxygens (including phenoxy) is 1. The van der Waals surface area contributed by atoms with Crippen molar-refractivity contribution in [2.24, 2.45) is 5.73 Å². The average molecular weight is 236 g/mol. The van der Waals surface area contributed by atoms with Crippen molar-refractivity contribution in [2.75, 3.05) is 25.1 Å². The Bertz CT molecular complexity index is 352. The van der Waals surface area contributed by atoms with Gasteiger partial charge in [0.1, 0.15) is 0 Å². The average Bonchev–Trinajstić information content (AvgIpc) is 2.89. The molecule has 1 fully saturated rings. The fourth-order valence-electron chi connectivity index (χ4n) is 2.39. The Labute approximate surface area is 102 Å². The van der Waals surface area contributed by atoms with Crippen LogP contribution < -0.4 is 15.4 Å². The maximum Gasteiger partial charge on any atom is 0.228 e. The minimum atomic E-state index is 0.533. The number of hydrogen-bond donors (Lipinski definition) is 1. The summed E-state index contributed by atoms with van der Waals surface area (Å²) in [6.07, 6.45) is 6.73. The number of hydrogen-bond acceptors (Lipinski definition) is 5. The summed E-state index contributed by atoms with van der Waals surface area (Å²) in [6, 6.07) is 2.30. The van der Waals surface area contributed by atoms with Gasteiger partial charge >= 0.3 is 0 Å². The highest BCUT2D eigenvalue weighted by atomic mass is 16.5. The van der Waals surface area contributed by atoms with Crippen LogP contribution in [0.25, 0.3) is 0 Å². The van der Waals surface area contributed by atoms with Crippen LogP contribution in [0, 0.1) is 0 Å². The lowest BCUT2D eigenvalue weighted by Crippen LogP contribution is -2.38. The predicted molar refractivity (Wildman–Crippen MR) is 67.2 cm³/mol. The van der Waals surface area contributed by atoms with Gasteiger partial charge in [0.2, 0.25) is 11.8 Å². The monoisotopic (exact) mass is 236 g/mol. The van der Waals surface area contributed by atoms with E-state index in [1.165, 1.54) is 25.7 Å². The van der Waals surface area contributed by atoms with Crippen molar-refractivity contribution in [2.45, 2.75) is 31.7 Å². The third-order valence-corrected chi connectivity index (χ3v) is 3.22. The molecule has 0 aromatic carbocycles. The van der Waals surface area contributed by atoms with Gasteiger partial charge in [-0.15, -0.1) is 0 Å². The highest BCUT2D eigenvalue weighted by molar-refractivity contribution is 5.34. The number of nitrogens with two attached hydrogens (primary N) is 1. The quantitative estimate of drug-likeness (QED) is 0.832. The SMILES string of the molecule is COc1ccnc(N(CCN)C2CCCC2)n1. The van der Waals surface area contributed by atoms with E-state index in [4.69, 9.17) is 10.5 Å². The van der Waals surface area contributed by atoms with Crippen molar-refractivity contribution < 1.29 is 4.74 Å². The van der Waals surface area contributed by atoms with Crippen molar-refractivity contribution >= 4 is 5.95 Å². The molecule has 5 nitrogen and oxygen atoms in total. The standard InChI is InChI=1S/C12H20N4O/c1-17-11-6-8-14-12(15-11)16(9-7-13)10-4-2-3-5-10/h6,8,10H,2-5,7,9,13H2,1H3. The van der Waals surface area contributed by atoms with E-state index in [2.05, 4.69) is 14.9 Å². The summed E-state index contributed by atoms with van der Waals surface area (Å²) in [5.41, 5.74) is 5.68. The van der Waals surface area contributed by atoms with E-state index in [0.717, 1.165) is 12.5 Å². The Morgan fingerprint density at radius 1 is 1.47 bits per heavy atom. The van der Waals surface area contributed by atoms with Gasteiger partial charge in [-0.2, -0.15) is 4.98 Å². The first-order valence-corrected chi connectivity index (χ1v) is 6.19. The predicted octanol–water partition coefficient (Wildman–Crippen LogP) is 1.19. The van der Waals surface area contributed by atoms with Gasteiger partial charge in [-0.05, 0) is 12.8 Å². The molecule has 0 bridgehead atoms. The van der Waals surface area contributed by atoms with Crippen LogP contribution in [-0.2, 0) is 0 Å². The number of nitrogens with zero attached hydrogens (tertiary/aromatic N) is 3. The summed E-state index contributed by atoms with van der Waals surface area (Å²) in [5, 5.41) is 0. The molecular weight excluding hydrogens is 216 g/mol. The largest absolute Gasteiger partial charge is 0.481 e. The molecule has 1 aromatic heterocycles. The molecule has 0 amide bonds. The van der Waals surface area contributed by atoms with Crippen LogP contribution >= 0.6 is 0 Å². The first-order valence-electron chi connectivity index (χ1n) is 6.19. The van der Waals surface area contributed by atoms with Crippen molar-refractivity contribution in [1.29, 1.82) is 0 Å². The lowest BCUT2D eigenvalue weighted by atomic mass is 10.2. The van der Waals surface area contributed by atoms with Gasteiger partial charge in [0.25, 0.3) is 0 Å². The van der Waals surface area contributed by atoms with Gasteiger partial charge in [0.15, 0.2) is 0 Å². The molecule has 0 aliphatic heterocycles. The Kier molecular flexibility index (Phi) is 4.14. The summed E-state index contributed by atoms with van der Waals surface area (Å²) in [6.45, 7) is 1.43. The van der Waals surface area contributed by atoms with Crippen LogP contribution in [0.5, 0.6) is 5.88 Å². The highest BCUT2D eigenvalue weighted by Gasteiger charge is 2.24. The second-order valence-corrected chi connectivity index (χ2v) is 4.32. The van der Waals surface area contributed by atoms with Crippen LogP contribution in [0.1, 0.15) is 25.7 Å². The highest BCUT2D eigenvalue weighted by Crippen LogP contribution is 2.26. The van der Waals surface area contributed by atoms with Gasteiger partial charge in [-0.1, -0.05) is 12.8 Å². The van der Waals surface area contributed by atoms with E-state index in [9.17, 15) is 0 Å². The summed E-state index contributed by atoms with van der Waals surface area (Å²) in [4.78, 5) is 10.9. The maximum atomic E-state index is 5.68. The number of methoxy groups -OCH3 is 1. The molecular formula is C12H20N4O. The summed E-state index contributed by atoms with van der Waals surface area (Å²) < 4.78 is 5.14. The van der Waals surface area contributed by atoms with Crippen LogP contribution in [0.4, 0.5) is 5.95 Å². The number of rotatable bonds is 5. The van der Waals surface area contributed by atoms with E-state index >= 15 is 0 Å². The fourth-order valence-corrected chi connectivity index (χ4v) is 2.39. The topological polar surface area (TPSA) is 64.3 Å². The van der Waals surface area contributed by atoms with E-state index in [-0.39, 0.29) is 0 Å². The molecule has 1 heterocycles. The molecule has 1 aliphatic carbocycles. The van der Waals surface area contributed by atoms with Crippen LogP contribution in [0.15, 0.2) is 12.3 Å². The molecule has 2 N–H and O–H groups in total. The van der Waals surface area contributed by atoms with Gasteiger partial charge in [-0.3, -0.25) is 0 Å². The molecule has 0 saturated heterocycles. The first-order chi connectivity index (χ1) is 8.35. The number of aromatic nitrogens is 2. The summed E-state index contributed by atoms with van der Waals surface area (Å²) in [5.74, 6) is 1.34. The van der Waals surface area contributed by atoms with E-state index in [1.807, 2.05) is 0 Å². The lowest BCUT2D eigenvalue weighted by molar-refractivity contribution is 0.396. The Hall–Kier alpha value is -1.36. The van der Waals surface area contributed by atoms with Crippen LogP contribution in [-0.4, -0.2) is 36.2 Å². The normalized spacial score (nSPS) is 16.1. The van der Waals surface area contributed by atoms with Gasteiger partial charge in [0, 0.05) is 31.4 Å². The van der Waals surface area contributed by atoms with E-state index in [1.54, 1.807) is 19.4 Å². The van der Waals surface area contributed by atoms with Crippen molar-refractivity contribution in [1.82, 2.24) is 9.97 Å². The third-order valence-electron chi connectivity index (χ3n) is 3.22. The second-order valence-electron chi connectivity index (χ2n) is 4.32. The molecule has 94 valence electrons. The molecule has 0 spiro atoms. The molecule has 17 heavy (non-hydrogen) atoms. The first kappa shape index (κ1) is 12.1. The van der Waals surface area contributed by atoms with E-state index < -0.39 is 0 Å². The zero-order valence-corrected chi connectivity index (χ0v) is 10.3. The Balaban J connectivity index is 2.18. The van der Waals surface area contributed by atoms with Crippen LogP contribution in [0.2, 0.25) is 0 Å². The van der Waals surface area contributed by atoms with Crippen molar-refractivity contribution in [3.63, 3.8) is 0 Å². The van der Waals surface area contributed by atoms with Gasteiger partial charge < -0.3 is 15.4 Å². The minimum Gasteiger partial charge on any atom is -0.481 e. The fraction of sp³-hybridized carbons (Fsp3) is 0.667. The van der Waals surface area contributed by atoms with Gasteiger partial charge in [0.05, 0.1) is 7.11 Å². The zero-order chi connectivity index (χ0) is 12.1. The minimum absolute atomic E-state index is 0.533. The third kappa shape index (κ3) is 2.85. The van der Waals surface area contributed by atoms with Crippen molar-refractivity contribution in [3.8, 4) is 5.88 Å². The molecule has 1 aliphatic rings. The molecule has 0 atom stereocenters. The molecule has 2 rings (SSSR count). The molecule has 0 unspecified atom stereocenters. The molecule has 1 saturated carbocycles. The van der Waals surface area contributed by atoms with E-state index in [0.29, 0.717) is 18.5 Å². The molecule has 0 radical (unpaired) electrons. The lowest BCUT2D eigenvalue weighted by Gasteiger charge is -2.28. The van der Waals surface area contributed by atoms with Crippen molar-refractivity contribution in [3.05, 3.63) is 12.3 Å². The second kappa shape index (κ2) is 5.82. The maximum absolute atomic E-state index is 5.68. The number of anilines is 1. The molecule has 1 aromatic rings. The Morgan fingerprint density at radius 2 is 2.24 bits per heavy atom. The zero-order valence-electron chi connectivity index (χ0n) is 10.3. The molecule has 5 heteroatoms.